The molecule has 1 unspecified atom stereocenters. The summed E-state index contributed by atoms with van der Waals surface area (Å²) in [6, 6.07) is 9.21. The number of nitriles is 1. The van der Waals surface area contributed by atoms with Gasteiger partial charge in [0.15, 0.2) is 0 Å². The van der Waals surface area contributed by atoms with E-state index in [0.717, 1.165) is 16.9 Å². The standard InChI is InChI=1S/C15H17N5O/c1-20-12-5-3-2-4-11(12)18-13(20)8-10(17)14(21)19-15(9-16)6-7-15/h2-5,10H,6-8,17H2,1H3,(H,19,21). The average molecular weight is 283 g/mol. The molecule has 1 atom stereocenters. The highest BCUT2D eigenvalue weighted by Gasteiger charge is 2.45. The molecule has 3 rings (SSSR count). The van der Waals surface area contributed by atoms with E-state index >= 15 is 0 Å². The van der Waals surface area contributed by atoms with Crippen LogP contribution in [0.5, 0.6) is 0 Å². The van der Waals surface area contributed by atoms with E-state index in [0.29, 0.717) is 19.3 Å². The number of hydrogen-bond donors (Lipinski definition) is 2. The van der Waals surface area contributed by atoms with Crippen molar-refractivity contribution in [2.75, 3.05) is 0 Å². The maximum absolute atomic E-state index is 12.1. The molecule has 1 amide bonds. The number of aryl methyl sites for hydroxylation is 1. The first-order chi connectivity index (χ1) is 10.0. The minimum absolute atomic E-state index is 0.291. The second-order valence-corrected chi connectivity index (χ2v) is 5.57. The van der Waals surface area contributed by atoms with Crippen LogP contribution < -0.4 is 11.1 Å². The number of fused-ring (bicyclic) bond motifs is 1. The van der Waals surface area contributed by atoms with Gasteiger partial charge >= 0.3 is 0 Å². The number of hydrogen-bond acceptors (Lipinski definition) is 4. The lowest BCUT2D eigenvalue weighted by atomic mass is 10.1. The highest BCUT2D eigenvalue weighted by atomic mass is 16.2. The van der Waals surface area contributed by atoms with Crippen molar-refractivity contribution in [1.29, 1.82) is 5.26 Å². The summed E-state index contributed by atoms with van der Waals surface area (Å²) in [6.45, 7) is 0. The molecule has 0 bridgehead atoms. The third-order valence-electron chi connectivity index (χ3n) is 3.95. The number of benzene rings is 1. The van der Waals surface area contributed by atoms with E-state index < -0.39 is 11.6 Å². The Kier molecular flexibility index (Phi) is 3.15. The van der Waals surface area contributed by atoms with Crippen molar-refractivity contribution in [1.82, 2.24) is 14.9 Å². The lowest BCUT2D eigenvalue weighted by Gasteiger charge is -2.14. The number of carbonyl (C=O) groups is 1. The van der Waals surface area contributed by atoms with Crippen LogP contribution >= 0.6 is 0 Å². The zero-order valence-corrected chi connectivity index (χ0v) is 11.8. The second-order valence-electron chi connectivity index (χ2n) is 5.57. The number of nitrogens with two attached hydrogens (primary N) is 1. The van der Waals surface area contributed by atoms with Crippen molar-refractivity contribution in [3.8, 4) is 6.07 Å². The molecular formula is C15H17N5O. The average Bonchev–Trinajstić information content (AvgIpc) is 3.19. The molecule has 2 aromatic rings. The van der Waals surface area contributed by atoms with Gasteiger partial charge in [-0.15, -0.1) is 0 Å². The van der Waals surface area contributed by atoms with Crippen LogP contribution in [0.1, 0.15) is 18.7 Å². The lowest BCUT2D eigenvalue weighted by molar-refractivity contribution is -0.122. The summed E-state index contributed by atoms with van der Waals surface area (Å²) in [7, 11) is 1.91. The van der Waals surface area contributed by atoms with Crippen LogP contribution in [0.2, 0.25) is 0 Å². The molecule has 0 aliphatic heterocycles. The van der Waals surface area contributed by atoms with Crippen LogP contribution in [0.3, 0.4) is 0 Å². The minimum atomic E-state index is -0.702. The molecule has 3 N–H and O–H groups in total. The van der Waals surface area contributed by atoms with Crippen molar-refractivity contribution in [2.24, 2.45) is 12.8 Å². The lowest BCUT2D eigenvalue weighted by Crippen LogP contribution is -2.47. The Bertz CT molecular complexity index is 738. The first-order valence-corrected chi connectivity index (χ1v) is 6.94. The largest absolute Gasteiger partial charge is 0.336 e. The third kappa shape index (κ3) is 2.48. The maximum atomic E-state index is 12.1. The van der Waals surface area contributed by atoms with Gasteiger partial charge in [0.1, 0.15) is 11.4 Å². The third-order valence-corrected chi connectivity index (χ3v) is 3.95. The first-order valence-electron chi connectivity index (χ1n) is 6.94. The molecule has 6 heteroatoms. The quantitative estimate of drug-likeness (QED) is 0.859. The Balaban J connectivity index is 1.74. The summed E-state index contributed by atoms with van der Waals surface area (Å²) >= 11 is 0. The zero-order chi connectivity index (χ0) is 15.0. The van der Waals surface area contributed by atoms with Crippen LogP contribution in [-0.4, -0.2) is 27.0 Å². The molecule has 1 aromatic carbocycles. The summed E-state index contributed by atoms with van der Waals surface area (Å²) < 4.78 is 1.94. The van der Waals surface area contributed by atoms with Crippen molar-refractivity contribution < 1.29 is 4.79 Å². The fourth-order valence-corrected chi connectivity index (χ4v) is 2.39. The molecule has 1 fully saturated rings. The summed E-state index contributed by atoms with van der Waals surface area (Å²) in [6.07, 6.45) is 1.75. The topological polar surface area (TPSA) is 96.7 Å². The molecule has 1 aliphatic rings. The maximum Gasteiger partial charge on any atom is 0.238 e. The van der Waals surface area contributed by atoms with Crippen molar-refractivity contribution in [2.45, 2.75) is 30.8 Å². The Morgan fingerprint density at radius 2 is 2.29 bits per heavy atom. The second kappa shape index (κ2) is 4.86. The van der Waals surface area contributed by atoms with Crippen LogP contribution in [-0.2, 0) is 18.3 Å². The highest BCUT2D eigenvalue weighted by molar-refractivity contribution is 5.83. The normalized spacial score (nSPS) is 17.2. The van der Waals surface area contributed by atoms with E-state index in [9.17, 15) is 4.79 Å². The molecule has 0 spiro atoms. The van der Waals surface area contributed by atoms with E-state index in [1.165, 1.54) is 0 Å². The van der Waals surface area contributed by atoms with Gasteiger partial charge in [0.25, 0.3) is 0 Å². The Labute approximate surface area is 122 Å². The van der Waals surface area contributed by atoms with E-state index in [-0.39, 0.29) is 5.91 Å². The van der Waals surface area contributed by atoms with Crippen molar-refractivity contribution in [3.63, 3.8) is 0 Å². The highest BCUT2D eigenvalue weighted by Crippen LogP contribution is 2.34. The molecule has 108 valence electrons. The van der Waals surface area contributed by atoms with E-state index in [2.05, 4.69) is 16.4 Å². The fraction of sp³-hybridized carbons (Fsp3) is 0.400. The minimum Gasteiger partial charge on any atom is -0.336 e. The smallest absolute Gasteiger partial charge is 0.238 e. The van der Waals surface area contributed by atoms with Crippen LogP contribution in [0.4, 0.5) is 0 Å². The van der Waals surface area contributed by atoms with Gasteiger partial charge in [-0.1, -0.05) is 12.1 Å². The van der Waals surface area contributed by atoms with Gasteiger partial charge in [-0.3, -0.25) is 4.79 Å². The number of rotatable bonds is 4. The zero-order valence-electron chi connectivity index (χ0n) is 11.8. The van der Waals surface area contributed by atoms with E-state index in [4.69, 9.17) is 11.0 Å². The molecule has 0 radical (unpaired) electrons. The Morgan fingerprint density at radius 3 is 2.90 bits per heavy atom. The number of nitrogens with zero attached hydrogens (tertiary/aromatic N) is 3. The fourth-order valence-electron chi connectivity index (χ4n) is 2.39. The Morgan fingerprint density at radius 1 is 1.57 bits per heavy atom. The SMILES string of the molecule is Cn1c(CC(N)C(=O)NC2(C#N)CC2)nc2ccccc21. The van der Waals surface area contributed by atoms with Crippen molar-refractivity contribution >= 4 is 16.9 Å². The summed E-state index contributed by atoms with van der Waals surface area (Å²) in [5, 5.41) is 11.7. The van der Waals surface area contributed by atoms with Gasteiger partial charge in [-0.25, -0.2) is 4.98 Å². The van der Waals surface area contributed by atoms with Gasteiger partial charge in [0, 0.05) is 13.5 Å². The van der Waals surface area contributed by atoms with Crippen LogP contribution in [0.15, 0.2) is 24.3 Å². The molecule has 0 saturated heterocycles. The van der Waals surface area contributed by atoms with Gasteiger partial charge in [-0.05, 0) is 25.0 Å². The molecule has 21 heavy (non-hydrogen) atoms. The monoisotopic (exact) mass is 283 g/mol. The molecule has 1 aromatic heterocycles. The van der Waals surface area contributed by atoms with Crippen molar-refractivity contribution in [3.05, 3.63) is 30.1 Å². The molecular weight excluding hydrogens is 266 g/mol. The number of aromatic nitrogens is 2. The number of nitrogens with one attached hydrogen (secondary N) is 1. The first kappa shape index (κ1) is 13.6. The van der Waals surface area contributed by atoms with Gasteiger partial charge < -0.3 is 15.6 Å². The number of carbonyl (C=O) groups excluding carboxylic acids is 1. The predicted molar refractivity (Wildman–Crippen MR) is 78.1 cm³/mol. The predicted octanol–water partition coefficient (Wildman–Crippen LogP) is 0.615. The summed E-state index contributed by atoms with van der Waals surface area (Å²) in [4.78, 5) is 16.6. The van der Waals surface area contributed by atoms with E-state index in [1.54, 1.807) is 0 Å². The summed E-state index contributed by atoms with van der Waals surface area (Å²) in [5.74, 6) is 0.474. The van der Waals surface area contributed by atoms with E-state index in [1.807, 2.05) is 35.9 Å². The summed E-state index contributed by atoms with van der Waals surface area (Å²) in [5.41, 5.74) is 7.17. The van der Waals surface area contributed by atoms with Gasteiger partial charge in [0.2, 0.25) is 5.91 Å². The molecule has 1 saturated carbocycles. The van der Waals surface area contributed by atoms with Crippen LogP contribution in [0, 0.1) is 11.3 Å². The molecule has 1 aliphatic carbocycles. The van der Waals surface area contributed by atoms with Gasteiger partial charge in [0.05, 0.1) is 23.1 Å². The molecule has 1 heterocycles. The number of para-hydroxylation sites is 2. The Hall–Kier alpha value is -2.39. The number of imidazole rings is 1. The van der Waals surface area contributed by atoms with Gasteiger partial charge in [-0.2, -0.15) is 5.26 Å². The number of amides is 1. The van der Waals surface area contributed by atoms with Crippen LogP contribution in [0.25, 0.3) is 11.0 Å². The molecule has 6 nitrogen and oxygen atoms in total.